The Hall–Kier alpha value is -4.55. The third-order valence-electron chi connectivity index (χ3n) is 6.23. The Morgan fingerprint density at radius 3 is 2.51 bits per heavy atom. The standard InChI is InChI=1S/C25H15ClN4O5/c26-14-1-2-15(20(8-14)30(31)32)21-3-4-22(35-21)17-9-19-16-10-24-23(33-12-34-24)7-13(16)5-6-29(19)25(28)18(17)11-27/h1-4,7-10,28H,5-6,12H2. The van der Waals surface area contributed by atoms with Crippen molar-refractivity contribution in [2.24, 2.45) is 0 Å². The Morgan fingerprint density at radius 2 is 1.77 bits per heavy atom. The molecule has 2 aliphatic rings. The number of furan rings is 1. The number of hydrogen-bond acceptors (Lipinski definition) is 7. The zero-order valence-corrected chi connectivity index (χ0v) is 18.8. The van der Waals surface area contributed by atoms with Gasteiger partial charge in [0.1, 0.15) is 28.6 Å². The molecule has 0 atom stereocenters. The van der Waals surface area contributed by atoms with Crippen LogP contribution in [-0.4, -0.2) is 16.3 Å². The molecule has 9 nitrogen and oxygen atoms in total. The van der Waals surface area contributed by atoms with Crippen molar-refractivity contribution in [2.45, 2.75) is 13.0 Å². The van der Waals surface area contributed by atoms with Crippen molar-refractivity contribution in [1.82, 2.24) is 4.57 Å². The monoisotopic (exact) mass is 486 g/mol. The molecule has 4 aromatic rings. The summed E-state index contributed by atoms with van der Waals surface area (Å²) in [4.78, 5) is 11.0. The van der Waals surface area contributed by atoms with E-state index in [1.807, 2.05) is 18.2 Å². The molecule has 6 rings (SSSR count). The molecule has 2 aromatic heterocycles. The molecule has 0 aliphatic carbocycles. The molecule has 10 heteroatoms. The van der Waals surface area contributed by atoms with E-state index in [-0.39, 0.29) is 39.9 Å². The molecule has 35 heavy (non-hydrogen) atoms. The fourth-order valence-electron chi connectivity index (χ4n) is 4.59. The van der Waals surface area contributed by atoms with Gasteiger partial charge in [-0.15, -0.1) is 0 Å². The number of nitro groups is 1. The van der Waals surface area contributed by atoms with Crippen LogP contribution in [-0.2, 0) is 13.0 Å². The topological polar surface area (TPSA) is 127 Å². The van der Waals surface area contributed by atoms with Crippen LogP contribution in [0.1, 0.15) is 11.1 Å². The van der Waals surface area contributed by atoms with Crippen LogP contribution in [0.15, 0.2) is 52.9 Å². The van der Waals surface area contributed by atoms with Gasteiger partial charge in [-0.3, -0.25) is 15.5 Å². The summed E-state index contributed by atoms with van der Waals surface area (Å²) in [5.41, 5.74) is 3.42. The maximum atomic E-state index is 11.5. The number of aryl methyl sites for hydroxylation is 1. The van der Waals surface area contributed by atoms with Crippen molar-refractivity contribution < 1.29 is 18.8 Å². The van der Waals surface area contributed by atoms with Gasteiger partial charge in [-0.1, -0.05) is 11.6 Å². The molecule has 0 saturated heterocycles. The number of benzene rings is 2. The van der Waals surface area contributed by atoms with Gasteiger partial charge in [-0.25, -0.2) is 0 Å². The fourth-order valence-corrected chi connectivity index (χ4v) is 4.75. The maximum absolute atomic E-state index is 11.5. The smallest absolute Gasteiger partial charge is 0.281 e. The quantitative estimate of drug-likeness (QED) is 0.310. The van der Waals surface area contributed by atoms with Crippen LogP contribution >= 0.6 is 11.6 Å². The third-order valence-corrected chi connectivity index (χ3v) is 6.47. The predicted molar refractivity (Wildman–Crippen MR) is 125 cm³/mol. The van der Waals surface area contributed by atoms with Crippen molar-refractivity contribution in [1.29, 1.82) is 10.7 Å². The lowest BCUT2D eigenvalue weighted by Gasteiger charge is -2.24. The van der Waals surface area contributed by atoms with E-state index < -0.39 is 4.92 Å². The molecule has 0 unspecified atom stereocenters. The van der Waals surface area contributed by atoms with Crippen LogP contribution in [0.4, 0.5) is 5.69 Å². The first-order valence-electron chi connectivity index (χ1n) is 10.6. The first-order chi connectivity index (χ1) is 16.9. The second-order valence-corrected chi connectivity index (χ2v) is 8.56. The number of nitrogens with one attached hydrogen (secondary N) is 1. The molecular weight excluding hydrogens is 472 g/mol. The highest BCUT2D eigenvalue weighted by Gasteiger charge is 2.26. The van der Waals surface area contributed by atoms with Gasteiger partial charge < -0.3 is 18.5 Å². The summed E-state index contributed by atoms with van der Waals surface area (Å²) in [7, 11) is 0. The van der Waals surface area contributed by atoms with E-state index in [1.54, 1.807) is 22.8 Å². The Labute approximate surface area is 203 Å². The number of fused-ring (bicyclic) bond motifs is 4. The van der Waals surface area contributed by atoms with Crippen molar-refractivity contribution in [3.05, 3.63) is 80.3 Å². The Bertz CT molecular complexity index is 1660. The third kappa shape index (κ3) is 3.26. The number of halogens is 1. The highest BCUT2D eigenvalue weighted by Crippen LogP contribution is 2.42. The fraction of sp³-hybridized carbons (Fsp3) is 0.120. The van der Waals surface area contributed by atoms with Gasteiger partial charge in [0.15, 0.2) is 11.5 Å². The number of nitriles is 1. The molecule has 0 radical (unpaired) electrons. The van der Waals surface area contributed by atoms with Gasteiger partial charge in [0.2, 0.25) is 6.79 Å². The molecule has 2 aliphatic heterocycles. The van der Waals surface area contributed by atoms with Crippen LogP contribution in [0.25, 0.3) is 33.9 Å². The number of rotatable bonds is 3. The van der Waals surface area contributed by atoms with Crippen molar-refractivity contribution in [2.75, 3.05) is 6.79 Å². The molecular formula is C25H15ClN4O5. The van der Waals surface area contributed by atoms with Crippen molar-refractivity contribution in [3.8, 4) is 51.5 Å². The molecule has 0 saturated carbocycles. The summed E-state index contributed by atoms with van der Waals surface area (Å²) in [6.07, 6.45) is 0.685. The van der Waals surface area contributed by atoms with Gasteiger partial charge >= 0.3 is 0 Å². The minimum Gasteiger partial charge on any atom is -0.456 e. The minimum absolute atomic E-state index is 0.0683. The molecule has 0 amide bonds. The Balaban J connectivity index is 1.52. The summed E-state index contributed by atoms with van der Waals surface area (Å²) in [6, 6.07) is 15.4. The molecule has 1 N–H and O–H groups in total. The average molecular weight is 487 g/mol. The first kappa shape index (κ1) is 21.0. The van der Waals surface area contributed by atoms with Crippen LogP contribution in [0.5, 0.6) is 11.5 Å². The van der Waals surface area contributed by atoms with E-state index in [0.717, 1.165) is 16.8 Å². The second-order valence-electron chi connectivity index (χ2n) is 8.13. The average Bonchev–Trinajstić information content (AvgIpc) is 3.52. The second kappa shape index (κ2) is 7.75. The molecule has 0 fully saturated rings. The summed E-state index contributed by atoms with van der Waals surface area (Å²) in [5.74, 6) is 1.90. The van der Waals surface area contributed by atoms with Gasteiger partial charge in [-0.05, 0) is 54.4 Å². The number of nitro benzene ring substituents is 1. The highest BCUT2D eigenvalue weighted by molar-refractivity contribution is 6.30. The summed E-state index contributed by atoms with van der Waals surface area (Å²) in [6.45, 7) is 0.697. The zero-order valence-electron chi connectivity index (χ0n) is 18.0. The molecule has 2 aromatic carbocycles. The zero-order chi connectivity index (χ0) is 24.3. The minimum atomic E-state index is -0.525. The summed E-state index contributed by atoms with van der Waals surface area (Å²) >= 11 is 5.94. The number of pyridine rings is 1. The lowest BCUT2D eigenvalue weighted by Crippen LogP contribution is -2.28. The Kier molecular flexibility index (Phi) is 4.65. The van der Waals surface area contributed by atoms with E-state index in [1.165, 1.54) is 12.1 Å². The largest absolute Gasteiger partial charge is 0.456 e. The number of nitrogens with zero attached hydrogens (tertiary/aromatic N) is 3. The van der Waals surface area contributed by atoms with Crippen molar-refractivity contribution in [3.63, 3.8) is 0 Å². The number of hydrogen-bond donors (Lipinski definition) is 1. The van der Waals surface area contributed by atoms with E-state index in [4.69, 9.17) is 30.9 Å². The van der Waals surface area contributed by atoms with Gasteiger partial charge in [0, 0.05) is 28.8 Å². The molecule has 0 spiro atoms. The SMILES string of the molecule is N#Cc1c(-c2ccc(-c3ccc(Cl)cc3[N+](=O)[O-])o2)cc2n(c1=N)CCc1cc3c(cc1-2)OCO3. The van der Waals surface area contributed by atoms with Crippen LogP contribution in [0.3, 0.4) is 0 Å². The lowest BCUT2D eigenvalue weighted by atomic mass is 9.94. The number of ether oxygens (including phenoxy) is 2. The molecule has 172 valence electrons. The molecule has 4 heterocycles. The van der Waals surface area contributed by atoms with E-state index in [0.29, 0.717) is 35.8 Å². The number of aromatic nitrogens is 1. The van der Waals surface area contributed by atoms with Crippen LogP contribution in [0, 0.1) is 26.9 Å². The normalized spacial score (nSPS) is 13.1. The lowest BCUT2D eigenvalue weighted by molar-refractivity contribution is -0.384. The van der Waals surface area contributed by atoms with Gasteiger partial charge in [0.25, 0.3) is 5.69 Å². The Morgan fingerprint density at radius 1 is 1.03 bits per heavy atom. The van der Waals surface area contributed by atoms with Crippen molar-refractivity contribution >= 4 is 17.3 Å². The van der Waals surface area contributed by atoms with Gasteiger partial charge in [-0.2, -0.15) is 5.26 Å². The van der Waals surface area contributed by atoms with Crippen LogP contribution in [0.2, 0.25) is 5.02 Å². The van der Waals surface area contributed by atoms with E-state index in [9.17, 15) is 15.4 Å². The maximum Gasteiger partial charge on any atom is 0.281 e. The summed E-state index contributed by atoms with van der Waals surface area (Å²) in [5, 5.41) is 30.4. The van der Waals surface area contributed by atoms with E-state index in [2.05, 4.69) is 6.07 Å². The highest BCUT2D eigenvalue weighted by atomic mass is 35.5. The first-order valence-corrected chi connectivity index (χ1v) is 11.0. The molecule has 0 bridgehead atoms. The summed E-state index contributed by atoms with van der Waals surface area (Å²) < 4.78 is 18.8. The van der Waals surface area contributed by atoms with Crippen LogP contribution < -0.4 is 15.0 Å². The van der Waals surface area contributed by atoms with Gasteiger partial charge in [0.05, 0.1) is 16.2 Å². The van der Waals surface area contributed by atoms with E-state index >= 15 is 0 Å². The predicted octanol–water partition coefficient (Wildman–Crippen LogP) is 5.28.